The van der Waals surface area contributed by atoms with Crippen LogP contribution in [0.25, 0.3) is 11.0 Å². The second-order valence-corrected chi connectivity index (χ2v) is 7.05. The molecule has 1 aliphatic heterocycles. The zero-order valence-electron chi connectivity index (χ0n) is 15.0. The number of nitrogens with zero attached hydrogens (tertiary/aromatic N) is 2. The fourth-order valence-corrected chi connectivity index (χ4v) is 3.54. The molecule has 2 aromatic carbocycles. The van der Waals surface area contributed by atoms with Gasteiger partial charge in [-0.15, -0.1) is 0 Å². The normalized spacial score (nSPS) is 15.3. The summed E-state index contributed by atoms with van der Waals surface area (Å²) < 4.78 is 0. The summed E-state index contributed by atoms with van der Waals surface area (Å²) in [6.07, 6.45) is 1.72. The molecule has 26 heavy (non-hydrogen) atoms. The number of nitrogens with one attached hydrogen (secondary N) is 2. The van der Waals surface area contributed by atoms with Crippen molar-refractivity contribution in [2.75, 3.05) is 18.0 Å². The number of aryl methyl sites for hydroxylation is 1. The lowest BCUT2D eigenvalue weighted by Crippen LogP contribution is -2.40. The minimum absolute atomic E-state index is 0.0848. The van der Waals surface area contributed by atoms with Crippen LogP contribution in [-0.4, -0.2) is 29.0 Å². The van der Waals surface area contributed by atoms with Crippen LogP contribution in [-0.2, 0) is 11.3 Å². The monoisotopic (exact) mass is 348 g/mol. The van der Waals surface area contributed by atoms with E-state index in [0.717, 1.165) is 48.5 Å². The molecule has 0 spiro atoms. The molecule has 2 heterocycles. The zero-order valence-corrected chi connectivity index (χ0v) is 15.0. The molecule has 0 aliphatic carbocycles. The lowest BCUT2D eigenvalue weighted by molar-refractivity contribution is -0.125. The van der Waals surface area contributed by atoms with Crippen LogP contribution < -0.4 is 10.2 Å². The van der Waals surface area contributed by atoms with E-state index < -0.39 is 0 Å². The van der Waals surface area contributed by atoms with E-state index in [1.54, 1.807) is 0 Å². The van der Waals surface area contributed by atoms with Gasteiger partial charge in [0.1, 0.15) is 0 Å². The average Bonchev–Trinajstić information content (AvgIpc) is 3.10. The number of carbonyl (C=O) groups excluding carboxylic acids is 1. The van der Waals surface area contributed by atoms with E-state index in [0.29, 0.717) is 6.54 Å². The number of fused-ring (bicyclic) bond motifs is 1. The van der Waals surface area contributed by atoms with Crippen molar-refractivity contribution in [3.63, 3.8) is 0 Å². The maximum atomic E-state index is 12.4. The van der Waals surface area contributed by atoms with Crippen molar-refractivity contribution < 1.29 is 4.79 Å². The Labute approximate surface area is 153 Å². The van der Waals surface area contributed by atoms with Crippen LogP contribution in [0.4, 0.5) is 5.95 Å². The van der Waals surface area contributed by atoms with Gasteiger partial charge in [-0.05, 0) is 43.0 Å². The van der Waals surface area contributed by atoms with Crippen molar-refractivity contribution in [3.05, 3.63) is 59.7 Å². The third-order valence-corrected chi connectivity index (χ3v) is 5.10. The number of imidazole rings is 1. The van der Waals surface area contributed by atoms with Crippen molar-refractivity contribution in [1.29, 1.82) is 0 Å². The molecule has 1 aliphatic rings. The summed E-state index contributed by atoms with van der Waals surface area (Å²) in [5, 5.41) is 3.07. The van der Waals surface area contributed by atoms with Crippen molar-refractivity contribution in [3.8, 4) is 0 Å². The van der Waals surface area contributed by atoms with Crippen LogP contribution in [0.3, 0.4) is 0 Å². The molecule has 0 radical (unpaired) electrons. The lowest BCUT2D eigenvalue weighted by atomic mass is 9.96. The Balaban J connectivity index is 1.33. The third kappa shape index (κ3) is 3.57. The smallest absolute Gasteiger partial charge is 0.223 e. The maximum absolute atomic E-state index is 12.4. The van der Waals surface area contributed by atoms with Crippen LogP contribution in [0.2, 0.25) is 0 Å². The topological polar surface area (TPSA) is 61.0 Å². The van der Waals surface area contributed by atoms with Gasteiger partial charge in [0.15, 0.2) is 0 Å². The first-order valence-electron chi connectivity index (χ1n) is 9.22. The second kappa shape index (κ2) is 7.20. The van der Waals surface area contributed by atoms with Gasteiger partial charge in [0.2, 0.25) is 11.9 Å². The number of H-pyrrole nitrogens is 1. The first-order valence-corrected chi connectivity index (χ1v) is 9.22. The van der Waals surface area contributed by atoms with Gasteiger partial charge in [0.05, 0.1) is 11.0 Å². The Hall–Kier alpha value is -2.82. The van der Waals surface area contributed by atoms with Gasteiger partial charge in [-0.1, -0.05) is 36.4 Å². The van der Waals surface area contributed by atoms with Gasteiger partial charge in [0, 0.05) is 25.6 Å². The molecule has 4 rings (SSSR count). The molecule has 1 amide bonds. The van der Waals surface area contributed by atoms with E-state index in [1.807, 2.05) is 30.3 Å². The van der Waals surface area contributed by atoms with Gasteiger partial charge in [-0.25, -0.2) is 4.98 Å². The largest absolute Gasteiger partial charge is 0.352 e. The fraction of sp³-hybridized carbons (Fsp3) is 0.333. The maximum Gasteiger partial charge on any atom is 0.223 e. The van der Waals surface area contributed by atoms with Crippen molar-refractivity contribution >= 4 is 22.9 Å². The summed E-state index contributed by atoms with van der Waals surface area (Å²) in [5.41, 5.74) is 4.42. The Morgan fingerprint density at radius 2 is 1.96 bits per heavy atom. The number of aromatic amines is 1. The summed E-state index contributed by atoms with van der Waals surface area (Å²) >= 11 is 0. The molecular weight excluding hydrogens is 324 g/mol. The van der Waals surface area contributed by atoms with E-state index in [4.69, 9.17) is 4.98 Å². The number of benzene rings is 2. The molecule has 0 saturated carbocycles. The highest BCUT2D eigenvalue weighted by molar-refractivity contribution is 5.80. The standard InChI is InChI=1S/C21H24N4O/c1-15-7-8-18-19(13-15)24-21(23-18)25-11-9-17(10-12-25)20(26)22-14-16-5-3-2-4-6-16/h2-8,13,17H,9-12,14H2,1H3,(H,22,26)(H,23,24). The number of carbonyl (C=O) groups is 1. The predicted molar refractivity (Wildman–Crippen MR) is 104 cm³/mol. The molecule has 5 heteroatoms. The van der Waals surface area contributed by atoms with Crippen molar-refractivity contribution in [2.45, 2.75) is 26.3 Å². The second-order valence-electron chi connectivity index (χ2n) is 7.05. The molecule has 2 N–H and O–H groups in total. The summed E-state index contributed by atoms with van der Waals surface area (Å²) in [6.45, 7) is 4.38. The van der Waals surface area contributed by atoms with Crippen LogP contribution in [0.15, 0.2) is 48.5 Å². The highest BCUT2D eigenvalue weighted by Gasteiger charge is 2.26. The average molecular weight is 348 g/mol. The first kappa shape index (κ1) is 16.6. The van der Waals surface area contributed by atoms with E-state index in [-0.39, 0.29) is 11.8 Å². The Morgan fingerprint density at radius 3 is 2.73 bits per heavy atom. The summed E-state index contributed by atoms with van der Waals surface area (Å²) in [5.74, 6) is 1.16. The molecule has 5 nitrogen and oxygen atoms in total. The number of hydrogen-bond acceptors (Lipinski definition) is 3. The van der Waals surface area contributed by atoms with Crippen LogP contribution in [0.5, 0.6) is 0 Å². The fourth-order valence-electron chi connectivity index (χ4n) is 3.54. The predicted octanol–water partition coefficient (Wildman–Crippen LogP) is 3.40. The molecular formula is C21H24N4O. The molecule has 134 valence electrons. The summed E-state index contributed by atoms with van der Waals surface area (Å²) in [6, 6.07) is 16.3. The van der Waals surface area contributed by atoms with E-state index in [2.05, 4.69) is 40.3 Å². The Kier molecular flexibility index (Phi) is 4.61. The number of amides is 1. The quantitative estimate of drug-likeness (QED) is 0.760. The highest BCUT2D eigenvalue weighted by atomic mass is 16.1. The molecule has 0 atom stereocenters. The highest BCUT2D eigenvalue weighted by Crippen LogP contribution is 2.24. The molecule has 3 aromatic rings. The van der Waals surface area contributed by atoms with Gasteiger partial charge >= 0.3 is 0 Å². The van der Waals surface area contributed by atoms with Crippen LogP contribution >= 0.6 is 0 Å². The molecule has 0 unspecified atom stereocenters. The lowest BCUT2D eigenvalue weighted by Gasteiger charge is -2.31. The zero-order chi connectivity index (χ0) is 17.9. The number of rotatable bonds is 4. The van der Waals surface area contributed by atoms with E-state index in [9.17, 15) is 4.79 Å². The van der Waals surface area contributed by atoms with Gasteiger partial charge in [-0.3, -0.25) is 4.79 Å². The number of aromatic nitrogens is 2. The summed E-state index contributed by atoms with van der Waals surface area (Å²) in [7, 11) is 0. The minimum atomic E-state index is 0.0848. The third-order valence-electron chi connectivity index (χ3n) is 5.10. The number of piperidine rings is 1. The first-order chi connectivity index (χ1) is 12.7. The van der Waals surface area contributed by atoms with Crippen molar-refractivity contribution in [2.24, 2.45) is 5.92 Å². The Bertz CT molecular complexity index is 895. The molecule has 1 fully saturated rings. The van der Waals surface area contributed by atoms with E-state index >= 15 is 0 Å². The van der Waals surface area contributed by atoms with Crippen LogP contribution in [0, 0.1) is 12.8 Å². The van der Waals surface area contributed by atoms with Crippen LogP contribution in [0.1, 0.15) is 24.0 Å². The van der Waals surface area contributed by atoms with Gasteiger partial charge in [0.25, 0.3) is 0 Å². The molecule has 1 aromatic heterocycles. The molecule has 1 saturated heterocycles. The summed E-state index contributed by atoms with van der Waals surface area (Å²) in [4.78, 5) is 22.8. The van der Waals surface area contributed by atoms with Gasteiger partial charge < -0.3 is 15.2 Å². The molecule has 0 bridgehead atoms. The number of anilines is 1. The van der Waals surface area contributed by atoms with Crippen molar-refractivity contribution in [1.82, 2.24) is 15.3 Å². The minimum Gasteiger partial charge on any atom is -0.352 e. The van der Waals surface area contributed by atoms with Gasteiger partial charge in [-0.2, -0.15) is 0 Å². The van der Waals surface area contributed by atoms with E-state index in [1.165, 1.54) is 5.56 Å². The SMILES string of the molecule is Cc1ccc2nc(N3CCC(C(=O)NCc4ccccc4)CC3)[nH]c2c1. The Morgan fingerprint density at radius 1 is 1.19 bits per heavy atom. The number of hydrogen-bond donors (Lipinski definition) is 2.